The number of benzene rings is 1. The van der Waals surface area contributed by atoms with E-state index in [0.29, 0.717) is 28.1 Å². The van der Waals surface area contributed by atoms with E-state index in [1.165, 1.54) is 33.6 Å². The van der Waals surface area contributed by atoms with Crippen molar-refractivity contribution in [3.05, 3.63) is 48.2 Å². The molecule has 0 unspecified atom stereocenters. The largest absolute Gasteiger partial charge is 0.488 e. The number of rotatable bonds is 3. The van der Waals surface area contributed by atoms with E-state index in [1.54, 1.807) is 26.1 Å². The van der Waals surface area contributed by atoms with Crippen LogP contribution in [0.2, 0.25) is 0 Å². The van der Waals surface area contributed by atoms with Crippen molar-refractivity contribution in [2.45, 2.75) is 11.9 Å². The van der Waals surface area contributed by atoms with Gasteiger partial charge in [0.25, 0.3) is 10.0 Å². The molecule has 0 saturated carbocycles. The number of nitrogens with zero attached hydrogens (tertiary/aromatic N) is 5. The van der Waals surface area contributed by atoms with E-state index in [4.69, 9.17) is 4.74 Å². The van der Waals surface area contributed by atoms with Crippen LogP contribution < -0.4 is 9.04 Å². The predicted molar refractivity (Wildman–Crippen MR) is 107 cm³/mol. The van der Waals surface area contributed by atoms with E-state index in [9.17, 15) is 12.8 Å². The van der Waals surface area contributed by atoms with Crippen molar-refractivity contribution in [3.8, 4) is 17.1 Å². The van der Waals surface area contributed by atoms with Gasteiger partial charge in [-0.15, -0.1) is 0 Å². The average molecular weight is 428 g/mol. The molecule has 4 heterocycles. The van der Waals surface area contributed by atoms with Gasteiger partial charge in [0, 0.05) is 24.2 Å². The van der Waals surface area contributed by atoms with Crippen LogP contribution in [0, 0.1) is 12.7 Å². The molecule has 0 fully saturated rings. The lowest BCUT2D eigenvalue weighted by Crippen LogP contribution is -2.38. The van der Waals surface area contributed by atoms with Crippen LogP contribution in [0.5, 0.6) is 5.75 Å². The lowest BCUT2D eigenvalue weighted by molar-refractivity contribution is 0.313. The van der Waals surface area contributed by atoms with Crippen molar-refractivity contribution in [1.29, 1.82) is 0 Å². The number of aromatic nitrogens is 5. The maximum atomic E-state index is 14.7. The van der Waals surface area contributed by atoms with Crippen molar-refractivity contribution >= 4 is 26.7 Å². The van der Waals surface area contributed by atoms with Gasteiger partial charge in [0.05, 0.1) is 12.1 Å². The normalized spacial score (nSPS) is 14.0. The summed E-state index contributed by atoms with van der Waals surface area (Å²) < 4.78 is 49.7. The van der Waals surface area contributed by atoms with E-state index < -0.39 is 15.8 Å². The molecule has 0 atom stereocenters. The van der Waals surface area contributed by atoms with Gasteiger partial charge in [-0.1, -0.05) is 0 Å². The zero-order valence-corrected chi connectivity index (χ0v) is 16.9. The minimum atomic E-state index is -4.04. The topological polar surface area (TPSA) is 106 Å². The van der Waals surface area contributed by atoms with Crippen molar-refractivity contribution in [2.24, 2.45) is 7.05 Å². The summed E-state index contributed by atoms with van der Waals surface area (Å²) >= 11 is 0. The second-order valence-electron chi connectivity index (χ2n) is 6.97. The summed E-state index contributed by atoms with van der Waals surface area (Å²) in [6, 6.07) is 6.09. The Hall–Kier alpha value is -3.47. The third-order valence-corrected chi connectivity index (χ3v) is 6.68. The number of H-pyrrole nitrogens is 1. The Morgan fingerprint density at radius 3 is 2.87 bits per heavy atom. The molecule has 154 valence electrons. The zero-order valence-electron chi connectivity index (χ0n) is 16.1. The van der Waals surface area contributed by atoms with Crippen molar-refractivity contribution in [3.63, 3.8) is 0 Å². The fourth-order valence-electron chi connectivity index (χ4n) is 3.63. The molecule has 3 aromatic heterocycles. The van der Waals surface area contributed by atoms with Crippen molar-refractivity contribution in [2.75, 3.05) is 17.5 Å². The van der Waals surface area contributed by atoms with Gasteiger partial charge in [0.1, 0.15) is 18.8 Å². The first kappa shape index (κ1) is 18.6. The van der Waals surface area contributed by atoms with Gasteiger partial charge >= 0.3 is 0 Å². The smallest absolute Gasteiger partial charge is 0.281 e. The van der Waals surface area contributed by atoms with Crippen LogP contribution in [0.25, 0.3) is 22.3 Å². The van der Waals surface area contributed by atoms with Crippen molar-refractivity contribution < 1.29 is 17.5 Å². The molecule has 30 heavy (non-hydrogen) atoms. The van der Waals surface area contributed by atoms with Crippen LogP contribution in [0.15, 0.2) is 41.8 Å². The van der Waals surface area contributed by atoms with E-state index >= 15 is 0 Å². The molecule has 0 aliphatic carbocycles. The third-order valence-electron chi connectivity index (χ3n) is 4.97. The van der Waals surface area contributed by atoms with E-state index in [-0.39, 0.29) is 29.5 Å². The summed E-state index contributed by atoms with van der Waals surface area (Å²) in [5, 5.41) is 4.55. The predicted octanol–water partition coefficient (Wildman–Crippen LogP) is 2.39. The Kier molecular flexibility index (Phi) is 4.03. The number of fused-ring (bicyclic) bond motifs is 2. The number of sulfonamides is 1. The average Bonchev–Trinajstić information content (AvgIpc) is 3.35. The van der Waals surface area contributed by atoms with E-state index in [1.807, 2.05) is 0 Å². The number of halogens is 1. The van der Waals surface area contributed by atoms with Crippen molar-refractivity contribution in [1.82, 2.24) is 24.7 Å². The Morgan fingerprint density at radius 1 is 1.27 bits per heavy atom. The van der Waals surface area contributed by atoms with Gasteiger partial charge in [-0.25, -0.2) is 18.7 Å². The van der Waals surface area contributed by atoms with Gasteiger partial charge in [-0.05, 0) is 36.8 Å². The lowest BCUT2D eigenvalue weighted by Gasteiger charge is -2.28. The highest BCUT2D eigenvalue weighted by Crippen LogP contribution is 2.36. The molecular formula is C19H17FN6O3S. The quantitative estimate of drug-likeness (QED) is 0.537. The SMILES string of the molecule is Cc1cc(F)c2[nH]c(S(=O)(=O)N3CCOc4cccnc43)cc2c1-c1ncn(C)n1. The Bertz CT molecular complexity index is 1390. The Morgan fingerprint density at radius 2 is 2.10 bits per heavy atom. The number of anilines is 1. The van der Waals surface area contributed by atoms with Gasteiger partial charge in [-0.3, -0.25) is 4.68 Å². The molecule has 0 radical (unpaired) electrons. The summed E-state index contributed by atoms with van der Waals surface area (Å²) in [5.74, 6) is 0.417. The fraction of sp³-hybridized carbons (Fsp3) is 0.211. The first-order valence-electron chi connectivity index (χ1n) is 9.14. The molecule has 11 heteroatoms. The summed E-state index contributed by atoms with van der Waals surface area (Å²) in [6.07, 6.45) is 3.03. The number of ether oxygens (including phenoxy) is 1. The molecule has 0 saturated heterocycles. The van der Waals surface area contributed by atoms with Gasteiger partial charge in [0.15, 0.2) is 22.4 Å². The fourth-order valence-corrected chi connectivity index (χ4v) is 5.05. The molecule has 1 aliphatic rings. The molecule has 1 aliphatic heterocycles. The highest BCUT2D eigenvalue weighted by molar-refractivity contribution is 7.92. The van der Waals surface area contributed by atoms with E-state index in [2.05, 4.69) is 20.1 Å². The number of pyridine rings is 1. The molecule has 0 bridgehead atoms. The monoisotopic (exact) mass is 428 g/mol. The first-order valence-corrected chi connectivity index (χ1v) is 10.6. The Labute approximate surface area is 171 Å². The highest BCUT2D eigenvalue weighted by Gasteiger charge is 2.33. The van der Waals surface area contributed by atoms with Gasteiger partial charge < -0.3 is 9.72 Å². The number of hydrogen-bond acceptors (Lipinski definition) is 6. The Balaban J connectivity index is 1.70. The molecule has 0 spiro atoms. The summed E-state index contributed by atoms with van der Waals surface area (Å²) in [4.78, 5) is 11.1. The number of hydrogen-bond donors (Lipinski definition) is 1. The number of nitrogens with one attached hydrogen (secondary N) is 1. The highest BCUT2D eigenvalue weighted by atomic mass is 32.2. The molecule has 1 aromatic carbocycles. The number of aryl methyl sites for hydroxylation is 2. The van der Waals surface area contributed by atoms with Crippen LogP contribution in [-0.4, -0.2) is 46.3 Å². The lowest BCUT2D eigenvalue weighted by atomic mass is 10.0. The molecule has 0 amide bonds. The third kappa shape index (κ3) is 2.73. The summed E-state index contributed by atoms with van der Waals surface area (Å²) in [5.41, 5.74) is 1.26. The minimum Gasteiger partial charge on any atom is -0.488 e. The second-order valence-corrected chi connectivity index (χ2v) is 8.80. The minimum absolute atomic E-state index is 0.0798. The van der Waals surface area contributed by atoms with Crippen LogP contribution >= 0.6 is 0 Å². The molecular weight excluding hydrogens is 411 g/mol. The van der Waals surface area contributed by atoms with Gasteiger partial charge in [-0.2, -0.15) is 13.5 Å². The second kappa shape index (κ2) is 6.52. The molecule has 1 N–H and O–H groups in total. The standard InChI is InChI=1S/C19H17FN6O3S/c1-11-8-13(20)17-12(16(11)18-22-10-25(2)24-18)9-15(23-17)30(27,28)26-6-7-29-14-4-3-5-21-19(14)26/h3-5,8-10,23H,6-7H2,1-2H3. The maximum Gasteiger partial charge on any atom is 0.281 e. The van der Waals surface area contributed by atoms with Crippen LogP contribution in [0.1, 0.15) is 5.56 Å². The van der Waals surface area contributed by atoms with Crippen LogP contribution in [0.3, 0.4) is 0 Å². The first-order chi connectivity index (χ1) is 14.4. The number of aromatic amines is 1. The summed E-state index contributed by atoms with van der Waals surface area (Å²) in [6.45, 7) is 2.02. The van der Waals surface area contributed by atoms with Crippen LogP contribution in [-0.2, 0) is 17.1 Å². The van der Waals surface area contributed by atoms with Gasteiger partial charge in [0.2, 0.25) is 0 Å². The molecule has 4 aromatic rings. The van der Waals surface area contributed by atoms with Crippen LogP contribution in [0.4, 0.5) is 10.2 Å². The summed E-state index contributed by atoms with van der Waals surface area (Å²) in [7, 11) is -2.31. The molecule has 5 rings (SSSR count). The van der Waals surface area contributed by atoms with E-state index in [0.717, 1.165) is 0 Å². The zero-order chi connectivity index (χ0) is 21.0. The maximum absolute atomic E-state index is 14.7. The molecule has 9 nitrogen and oxygen atoms in total.